The number of nitrogens with zero attached hydrogens (tertiary/aromatic N) is 2. The molecule has 0 aromatic rings. The van der Waals surface area contributed by atoms with E-state index in [1.54, 1.807) is 4.90 Å². The summed E-state index contributed by atoms with van der Waals surface area (Å²) >= 11 is 0. The summed E-state index contributed by atoms with van der Waals surface area (Å²) < 4.78 is 36.2. The first kappa shape index (κ1) is 17.6. The van der Waals surface area contributed by atoms with E-state index in [1.165, 1.54) is 0 Å². The van der Waals surface area contributed by atoms with Crippen LogP contribution < -0.4 is 10.6 Å². The zero-order chi connectivity index (χ0) is 15.7. The van der Waals surface area contributed by atoms with E-state index in [-0.39, 0.29) is 12.5 Å². The second-order valence-electron chi connectivity index (χ2n) is 4.89. The fourth-order valence-corrected chi connectivity index (χ4v) is 2.06. The van der Waals surface area contributed by atoms with Crippen LogP contribution in [0.1, 0.15) is 32.6 Å². The van der Waals surface area contributed by atoms with Gasteiger partial charge in [-0.3, -0.25) is 9.79 Å². The molecule has 1 fully saturated rings. The van der Waals surface area contributed by atoms with Crippen molar-refractivity contribution in [2.75, 3.05) is 32.7 Å². The first-order valence-electron chi connectivity index (χ1n) is 7.29. The molecule has 0 spiro atoms. The van der Waals surface area contributed by atoms with Crippen LogP contribution >= 0.6 is 0 Å². The van der Waals surface area contributed by atoms with Crippen molar-refractivity contribution >= 4 is 11.9 Å². The van der Waals surface area contributed by atoms with Crippen molar-refractivity contribution in [2.45, 2.75) is 38.8 Å². The summed E-state index contributed by atoms with van der Waals surface area (Å²) in [6.45, 7) is 4.17. The minimum atomic E-state index is -4.17. The molecule has 0 aliphatic carbocycles. The van der Waals surface area contributed by atoms with Gasteiger partial charge >= 0.3 is 6.18 Å². The van der Waals surface area contributed by atoms with Crippen LogP contribution in [0, 0.1) is 0 Å². The molecule has 2 N–H and O–H groups in total. The molecule has 0 aromatic heterocycles. The van der Waals surface area contributed by atoms with Crippen LogP contribution in [-0.2, 0) is 4.79 Å². The average molecular weight is 308 g/mol. The quantitative estimate of drug-likeness (QED) is 0.426. The first-order valence-corrected chi connectivity index (χ1v) is 7.29. The van der Waals surface area contributed by atoms with Gasteiger partial charge in [-0.2, -0.15) is 13.2 Å². The number of aliphatic imine (C=N–C) groups is 1. The number of rotatable bonds is 7. The number of amides is 1. The average Bonchev–Trinajstić information content (AvgIpc) is 2.79. The summed E-state index contributed by atoms with van der Waals surface area (Å²) in [5.74, 6) is 0.559. The number of hydrogen-bond acceptors (Lipinski definition) is 2. The standard InChI is InChI=1S/C13H23F3N4O/c1-2-17-12(19-8-6-13(14,15)16)18-7-4-10-20-9-3-5-11(20)21/h2-10H2,1H3,(H2,17,18,19). The zero-order valence-corrected chi connectivity index (χ0v) is 12.3. The lowest BCUT2D eigenvalue weighted by Crippen LogP contribution is -2.39. The monoisotopic (exact) mass is 308 g/mol. The Morgan fingerprint density at radius 1 is 1.38 bits per heavy atom. The van der Waals surface area contributed by atoms with Gasteiger partial charge in [0.15, 0.2) is 5.96 Å². The third-order valence-corrected chi connectivity index (χ3v) is 3.07. The summed E-state index contributed by atoms with van der Waals surface area (Å²) in [5.41, 5.74) is 0. The van der Waals surface area contributed by atoms with E-state index >= 15 is 0 Å². The molecule has 1 saturated heterocycles. The Morgan fingerprint density at radius 2 is 2.14 bits per heavy atom. The van der Waals surface area contributed by atoms with E-state index in [1.807, 2.05) is 6.92 Å². The van der Waals surface area contributed by atoms with Crippen molar-refractivity contribution in [3.8, 4) is 0 Å². The number of halogens is 3. The Bertz CT molecular complexity index is 358. The number of carbonyl (C=O) groups excluding carboxylic acids is 1. The van der Waals surface area contributed by atoms with Gasteiger partial charge in [-0.25, -0.2) is 0 Å². The number of nitrogens with one attached hydrogen (secondary N) is 2. The largest absolute Gasteiger partial charge is 0.390 e. The van der Waals surface area contributed by atoms with Crippen LogP contribution in [0.25, 0.3) is 0 Å². The third-order valence-electron chi connectivity index (χ3n) is 3.07. The molecule has 0 atom stereocenters. The van der Waals surface area contributed by atoms with Crippen LogP contribution in [0.2, 0.25) is 0 Å². The zero-order valence-electron chi connectivity index (χ0n) is 12.3. The van der Waals surface area contributed by atoms with Gasteiger partial charge in [-0.05, 0) is 19.8 Å². The lowest BCUT2D eigenvalue weighted by molar-refractivity contribution is -0.133. The molecular weight excluding hydrogens is 285 g/mol. The van der Waals surface area contributed by atoms with Gasteiger partial charge in [0, 0.05) is 39.1 Å². The number of hydrogen-bond donors (Lipinski definition) is 2. The van der Waals surface area contributed by atoms with Crippen LogP contribution in [-0.4, -0.2) is 55.7 Å². The van der Waals surface area contributed by atoms with Crippen LogP contribution in [0.15, 0.2) is 4.99 Å². The maximum Gasteiger partial charge on any atom is 0.390 e. The van der Waals surface area contributed by atoms with Gasteiger partial charge in [0.25, 0.3) is 0 Å². The normalized spacial score (nSPS) is 16.5. The SMILES string of the molecule is CCNC(=NCCCN1CCCC1=O)NCCC(F)(F)F. The van der Waals surface area contributed by atoms with Crippen LogP contribution in [0.5, 0.6) is 0 Å². The summed E-state index contributed by atoms with van der Waals surface area (Å²) in [6.07, 6.45) is -2.82. The van der Waals surface area contributed by atoms with Crippen molar-refractivity contribution in [3.63, 3.8) is 0 Å². The molecule has 1 amide bonds. The molecular formula is C13H23F3N4O. The predicted octanol–water partition coefficient (Wildman–Crippen LogP) is 1.51. The lowest BCUT2D eigenvalue weighted by Gasteiger charge is -2.15. The Kier molecular flexibility index (Phi) is 7.31. The van der Waals surface area contributed by atoms with Crippen molar-refractivity contribution < 1.29 is 18.0 Å². The second-order valence-corrected chi connectivity index (χ2v) is 4.89. The van der Waals surface area contributed by atoms with Crippen molar-refractivity contribution in [3.05, 3.63) is 0 Å². The molecule has 8 heteroatoms. The van der Waals surface area contributed by atoms with Gasteiger partial charge in [0.05, 0.1) is 6.42 Å². The number of likely N-dealkylation sites (tertiary alicyclic amines) is 1. The Hall–Kier alpha value is -1.47. The van der Waals surface area contributed by atoms with E-state index < -0.39 is 12.6 Å². The van der Waals surface area contributed by atoms with Crippen LogP contribution in [0.3, 0.4) is 0 Å². The summed E-state index contributed by atoms with van der Waals surface area (Å²) in [5, 5.41) is 5.55. The molecule has 1 rings (SSSR count). The van der Waals surface area contributed by atoms with E-state index in [2.05, 4.69) is 15.6 Å². The molecule has 122 valence electrons. The minimum Gasteiger partial charge on any atom is -0.357 e. The summed E-state index contributed by atoms with van der Waals surface area (Å²) in [4.78, 5) is 17.4. The molecule has 1 aliphatic heterocycles. The molecule has 1 heterocycles. The molecule has 0 radical (unpaired) electrons. The molecule has 0 unspecified atom stereocenters. The van der Waals surface area contributed by atoms with Gasteiger partial charge in [0.1, 0.15) is 0 Å². The van der Waals surface area contributed by atoms with Crippen molar-refractivity contribution in [1.29, 1.82) is 0 Å². The highest BCUT2D eigenvalue weighted by Crippen LogP contribution is 2.18. The molecule has 0 aromatic carbocycles. The van der Waals surface area contributed by atoms with Crippen LogP contribution in [0.4, 0.5) is 13.2 Å². The molecule has 1 aliphatic rings. The fraction of sp³-hybridized carbons (Fsp3) is 0.846. The van der Waals surface area contributed by atoms with E-state index in [9.17, 15) is 18.0 Å². The smallest absolute Gasteiger partial charge is 0.357 e. The highest BCUT2D eigenvalue weighted by molar-refractivity contribution is 5.79. The van der Waals surface area contributed by atoms with E-state index in [4.69, 9.17) is 0 Å². The molecule has 0 saturated carbocycles. The molecule has 0 bridgehead atoms. The minimum absolute atomic E-state index is 0.175. The maximum atomic E-state index is 12.1. The van der Waals surface area contributed by atoms with E-state index in [0.717, 1.165) is 13.0 Å². The number of carbonyl (C=O) groups is 1. The Labute approximate surface area is 123 Å². The summed E-state index contributed by atoms with van der Waals surface area (Å²) in [6, 6.07) is 0. The second kappa shape index (κ2) is 8.74. The highest BCUT2D eigenvalue weighted by Gasteiger charge is 2.26. The topological polar surface area (TPSA) is 56.7 Å². The van der Waals surface area contributed by atoms with Crippen molar-refractivity contribution in [2.24, 2.45) is 4.99 Å². The molecule has 5 nitrogen and oxygen atoms in total. The van der Waals surface area contributed by atoms with Gasteiger partial charge in [-0.1, -0.05) is 0 Å². The van der Waals surface area contributed by atoms with Gasteiger partial charge < -0.3 is 15.5 Å². The predicted molar refractivity (Wildman–Crippen MR) is 75.1 cm³/mol. The summed E-state index contributed by atoms with van der Waals surface area (Å²) in [7, 11) is 0. The van der Waals surface area contributed by atoms with Crippen molar-refractivity contribution in [1.82, 2.24) is 15.5 Å². The van der Waals surface area contributed by atoms with Gasteiger partial charge in [0.2, 0.25) is 5.91 Å². The number of alkyl halides is 3. The maximum absolute atomic E-state index is 12.1. The highest BCUT2D eigenvalue weighted by atomic mass is 19.4. The Morgan fingerprint density at radius 3 is 2.71 bits per heavy atom. The number of guanidine groups is 1. The van der Waals surface area contributed by atoms with E-state index in [0.29, 0.717) is 38.4 Å². The third kappa shape index (κ3) is 7.77. The lowest BCUT2D eigenvalue weighted by atomic mass is 10.4. The van der Waals surface area contributed by atoms with Gasteiger partial charge in [-0.15, -0.1) is 0 Å². The molecule has 21 heavy (non-hydrogen) atoms. The Balaban J connectivity index is 2.25. The first-order chi connectivity index (χ1) is 9.92. The fourth-order valence-electron chi connectivity index (χ4n) is 2.06.